The molecule has 0 aromatic carbocycles. The number of ether oxygens (including phenoxy) is 1. The molecule has 0 fully saturated rings. The molecule has 0 aliphatic heterocycles. The van der Waals surface area contributed by atoms with Crippen LogP contribution < -0.4 is 10.6 Å². The Kier molecular flexibility index (Phi) is 10.1. The van der Waals surface area contributed by atoms with Crippen LogP contribution in [0.2, 0.25) is 0 Å². The summed E-state index contributed by atoms with van der Waals surface area (Å²) < 4.78 is 10.7. The van der Waals surface area contributed by atoms with Gasteiger partial charge in [-0.15, -0.1) is 0 Å². The average molecular weight is 324 g/mol. The minimum absolute atomic E-state index is 0.601. The van der Waals surface area contributed by atoms with E-state index in [0.717, 1.165) is 75.0 Å². The molecule has 0 unspecified atom stereocenters. The third-order valence-corrected chi connectivity index (χ3v) is 3.56. The predicted molar refractivity (Wildman–Crippen MR) is 93.8 cm³/mol. The highest BCUT2D eigenvalue weighted by Gasteiger charge is 2.12. The van der Waals surface area contributed by atoms with Crippen molar-refractivity contribution >= 4 is 5.96 Å². The Morgan fingerprint density at radius 2 is 1.96 bits per heavy atom. The summed E-state index contributed by atoms with van der Waals surface area (Å²) >= 11 is 0. The summed E-state index contributed by atoms with van der Waals surface area (Å²) in [4.78, 5) is 4.67. The van der Waals surface area contributed by atoms with Crippen LogP contribution >= 0.6 is 0 Å². The molecule has 1 heterocycles. The quantitative estimate of drug-likeness (QED) is 0.372. The third-order valence-electron chi connectivity index (χ3n) is 3.56. The topological polar surface area (TPSA) is 71.7 Å². The normalized spacial score (nSPS) is 11.7. The summed E-state index contributed by atoms with van der Waals surface area (Å²) in [7, 11) is 0. The zero-order chi connectivity index (χ0) is 16.9. The van der Waals surface area contributed by atoms with Crippen molar-refractivity contribution in [2.45, 2.75) is 59.9 Å². The van der Waals surface area contributed by atoms with Gasteiger partial charge in [0.25, 0.3) is 0 Å². The van der Waals surface area contributed by atoms with E-state index >= 15 is 0 Å². The lowest BCUT2D eigenvalue weighted by Crippen LogP contribution is -2.37. The van der Waals surface area contributed by atoms with Crippen molar-refractivity contribution in [3.05, 3.63) is 17.0 Å². The summed E-state index contributed by atoms with van der Waals surface area (Å²) in [5.41, 5.74) is 2.14. The molecule has 0 amide bonds. The third kappa shape index (κ3) is 7.03. The molecule has 6 heteroatoms. The summed E-state index contributed by atoms with van der Waals surface area (Å²) in [5.74, 6) is 1.78. The molecule has 0 spiro atoms. The fraction of sp³-hybridized carbons (Fsp3) is 0.765. The molecule has 0 saturated heterocycles. The smallest absolute Gasteiger partial charge is 0.191 e. The highest BCUT2D eigenvalue weighted by Crippen LogP contribution is 2.16. The number of aliphatic imine (C=N–C) groups is 1. The molecule has 0 radical (unpaired) electrons. The first kappa shape index (κ1) is 19.5. The fourth-order valence-electron chi connectivity index (χ4n) is 2.30. The number of aromatic nitrogens is 1. The van der Waals surface area contributed by atoms with Crippen LogP contribution in [0.15, 0.2) is 9.52 Å². The molecule has 0 atom stereocenters. The Hall–Kier alpha value is -1.56. The van der Waals surface area contributed by atoms with E-state index < -0.39 is 0 Å². The van der Waals surface area contributed by atoms with Crippen LogP contribution in [-0.4, -0.2) is 37.4 Å². The summed E-state index contributed by atoms with van der Waals surface area (Å²) in [6, 6.07) is 0. The van der Waals surface area contributed by atoms with Crippen LogP contribution in [0.5, 0.6) is 0 Å². The van der Waals surface area contributed by atoms with Gasteiger partial charge in [-0.2, -0.15) is 0 Å². The van der Waals surface area contributed by atoms with Crippen LogP contribution in [0.4, 0.5) is 0 Å². The average Bonchev–Trinajstić information content (AvgIpc) is 2.97. The summed E-state index contributed by atoms with van der Waals surface area (Å²) in [6.07, 6.45) is 3.85. The van der Waals surface area contributed by atoms with Gasteiger partial charge >= 0.3 is 0 Å². The van der Waals surface area contributed by atoms with Gasteiger partial charge in [0.05, 0.1) is 12.2 Å². The lowest BCUT2D eigenvalue weighted by Gasteiger charge is -2.11. The maximum atomic E-state index is 5.39. The zero-order valence-corrected chi connectivity index (χ0v) is 15.1. The molecule has 0 aliphatic carbocycles. The minimum atomic E-state index is 0.601. The van der Waals surface area contributed by atoms with Gasteiger partial charge in [0.2, 0.25) is 0 Å². The van der Waals surface area contributed by atoms with Crippen molar-refractivity contribution in [3.63, 3.8) is 0 Å². The first-order chi connectivity index (χ1) is 11.3. The number of hydrogen-bond acceptors (Lipinski definition) is 4. The monoisotopic (exact) mass is 324 g/mol. The highest BCUT2D eigenvalue weighted by atomic mass is 16.5. The molecule has 2 N–H and O–H groups in total. The molecule has 23 heavy (non-hydrogen) atoms. The number of aryl methyl sites for hydroxylation is 2. The van der Waals surface area contributed by atoms with Gasteiger partial charge in [0, 0.05) is 38.3 Å². The van der Waals surface area contributed by atoms with E-state index in [1.807, 2.05) is 6.92 Å². The van der Waals surface area contributed by atoms with Gasteiger partial charge in [-0.05, 0) is 33.1 Å². The zero-order valence-electron chi connectivity index (χ0n) is 15.1. The summed E-state index contributed by atoms with van der Waals surface area (Å²) in [6.45, 7) is 12.2. The van der Waals surface area contributed by atoms with E-state index in [1.165, 1.54) is 0 Å². The minimum Gasteiger partial charge on any atom is -0.382 e. The van der Waals surface area contributed by atoms with E-state index in [2.05, 4.69) is 41.6 Å². The van der Waals surface area contributed by atoms with Gasteiger partial charge in [0.15, 0.2) is 5.96 Å². The number of rotatable bonds is 11. The first-order valence-corrected chi connectivity index (χ1v) is 8.82. The molecular weight excluding hydrogens is 292 g/mol. The van der Waals surface area contributed by atoms with E-state index in [0.29, 0.717) is 6.54 Å². The second-order valence-corrected chi connectivity index (χ2v) is 5.26. The van der Waals surface area contributed by atoms with E-state index in [-0.39, 0.29) is 0 Å². The van der Waals surface area contributed by atoms with Crippen molar-refractivity contribution in [3.8, 4) is 0 Å². The summed E-state index contributed by atoms with van der Waals surface area (Å²) in [5, 5.41) is 10.8. The maximum Gasteiger partial charge on any atom is 0.191 e. The lowest BCUT2D eigenvalue weighted by atomic mass is 10.1. The van der Waals surface area contributed by atoms with Gasteiger partial charge in [0.1, 0.15) is 5.76 Å². The van der Waals surface area contributed by atoms with Gasteiger partial charge in [-0.25, -0.2) is 4.99 Å². The first-order valence-electron chi connectivity index (χ1n) is 8.82. The number of hydrogen-bond donors (Lipinski definition) is 2. The van der Waals surface area contributed by atoms with E-state index in [1.54, 1.807) is 0 Å². The molecule has 6 nitrogen and oxygen atoms in total. The number of guanidine groups is 1. The Morgan fingerprint density at radius 1 is 1.13 bits per heavy atom. The molecule has 0 bridgehead atoms. The Balaban J connectivity index is 2.53. The number of unbranched alkanes of at least 4 members (excludes halogenated alkanes) is 1. The van der Waals surface area contributed by atoms with Crippen LogP contribution in [0.25, 0.3) is 0 Å². The fourth-order valence-corrected chi connectivity index (χ4v) is 2.30. The number of nitrogens with zero attached hydrogens (tertiary/aromatic N) is 2. The number of nitrogens with one attached hydrogen (secondary N) is 2. The maximum absolute atomic E-state index is 5.39. The van der Waals surface area contributed by atoms with E-state index in [9.17, 15) is 0 Å². The Bertz CT molecular complexity index is 436. The van der Waals surface area contributed by atoms with Gasteiger partial charge < -0.3 is 19.9 Å². The molecule has 1 rings (SSSR count). The SMILES string of the molecule is CCNC(=NCc1c(CC)noc1CC)NCCCCOCC. The second-order valence-electron chi connectivity index (χ2n) is 5.26. The predicted octanol–water partition coefficient (Wildman–Crippen LogP) is 2.67. The van der Waals surface area contributed by atoms with Gasteiger partial charge in [-0.1, -0.05) is 19.0 Å². The molecule has 0 aliphatic rings. The molecular formula is C17H32N4O2. The van der Waals surface area contributed by atoms with Gasteiger partial charge in [-0.3, -0.25) is 0 Å². The van der Waals surface area contributed by atoms with Crippen LogP contribution in [0, 0.1) is 0 Å². The lowest BCUT2D eigenvalue weighted by molar-refractivity contribution is 0.143. The molecule has 1 aromatic heterocycles. The van der Waals surface area contributed by atoms with Crippen molar-refractivity contribution < 1.29 is 9.26 Å². The standard InChI is InChI=1S/C17H32N4O2/c1-5-15-14(16(6-2)23-21-15)13-20-17(18-7-3)19-11-9-10-12-22-8-4/h5-13H2,1-4H3,(H2,18,19,20). The van der Waals surface area contributed by atoms with Crippen molar-refractivity contribution in [1.29, 1.82) is 0 Å². The van der Waals surface area contributed by atoms with Crippen LogP contribution in [-0.2, 0) is 24.1 Å². The van der Waals surface area contributed by atoms with Crippen LogP contribution in [0.3, 0.4) is 0 Å². The highest BCUT2D eigenvalue weighted by molar-refractivity contribution is 5.79. The van der Waals surface area contributed by atoms with Crippen molar-refractivity contribution in [2.24, 2.45) is 4.99 Å². The largest absolute Gasteiger partial charge is 0.382 e. The Morgan fingerprint density at radius 3 is 2.61 bits per heavy atom. The Labute approximate surface area is 140 Å². The second kappa shape index (κ2) is 11.9. The van der Waals surface area contributed by atoms with Crippen molar-refractivity contribution in [2.75, 3.05) is 26.3 Å². The molecule has 0 saturated carbocycles. The molecule has 1 aromatic rings. The molecule has 132 valence electrons. The van der Waals surface area contributed by atoms with E-state index in [4.69, 9.17) is 9.26 Å². The van der Waals surface area contributed by atoms with Crippen molar-refractivity contribution in [1.82, 2.24) is 15.8 Å². The van der Waals surface area contributed by atoms with Crippen LogP contribution in [0.1, 0.15) is 57.6 Å².